The molecule has 0 bridgehead atoms. The third-order valence-corrected chi connectivity index (χ3v) is 9.55. The number of benzene rings is 3. The van der Waals surface area contributed by atoms with Crippen LogP contribution in [-0.4, -0.2) is 72.9 Å². The number of aliphatic carboxylic acids is 1. The van der Waals surface area contributed by atoms with E-state index in [2.05, 4.69) is 15.3 Å². The van der Waals surface area contributed by atoms with Crippen molar-refractivity contribution in [2.24, 2.45) is 10.9 Å². The fourth-order valence-electron chi connectivity index (χ4n) is 6.18. The zero-order valence-corrected chi connectivity index (χ0v) is 26.6. The first-order valence-corrected chi connectivity index (χ1v) is 15.4. The van der Waals surface area contributed by atoms with Crippen LogP contribution >= 0.6 is 7.94 Å². The van der Waals surface area contributed by atoms with Crippen molar-refractivity contribution in [1.29, 1.82) is 0 Å². The summed E-state index contributed by atoms with van der Waals surface area (Å²) in [7, 11) is -4.78. The zero-order chi connectivity index (χ0) is 30.5. The second kappa shape index (κ2) is 12.7. The van der Waals surface area contributed by atoms with Gasteiger partial charge in [-0.25, -0.2) is 14.6 Å². The van der Waals surface area contributed by atoms with Gasteiger partial charge in [-0.2, -0.15) is 0 Å². The minimum Gasteiger partial charge on any atom is -0.861 e. The molecule has 0 radical (unpaired) electrons. The van der Waals surface area contributed by atoms with Crippen LogP contribution < -0.4 is 44.9 Å². The number of aliphatic imine (C=N–C) groups is 1. The molecule has 6 rings (SSSR count). The molecule has 222 valence electrons. The zero-order valence-electron chi connectivity index (χ0n) is 23.7. The second-order valence-corrected chi connectivity index (χ2v) is 12.6. The Morgan fingerprint density at radius 1 is 1.05 bits per heavy atom. The van der Waals surface area contributed by atoms with Gasteiger partial charge >= 0.3 is 35.5 Å². The summed E-state index contributed by atoms with van der Waals surface area (Å²) in [6, 6.07) is 15.1. The van der Waals surface area contributed by atoms with E-state index in [-0.39, 0.29) is 55.4 Å². The van der Waals surface area contributed by atoms with Crippen LogP contribution in [0.1, 0.15) is 39.1 Å². The van der Waals surface area contributed by atoms with E-state index in [0.717, 1.165) is 21.2 Å². The number of carboxylic acid groups (broad SMARTS) is 1. The van der Waals surface area contributed by atoms with Crippen molar-refractivity contribution >= 4 is 53.3 Å². The van der Waals surface area contributed by atoms with E-state index in [0.29, 0.717) is 22.1 Å². The van der Waals surface area contributed by atoms with E-state index in [1.165, 1.54) is 0 Å². The first-order chi connectivity index (χ1) is 20.5. The minimum atomic E-state index is -4.78. The largest absolute Gasteiger partial charge is 1.00 e. The maximum atomic E-state index is 13.3. The number of nitrogens with zero attached hydrogens (tertiary/aromatic N) is 2. The summed E-state index contributed by atoms with van der Waals surface area (Å²) in [5.41, 5.74) is 2.21. The first-order valence-electron chi connectivity index (χ1n) is 13.7. The number of rotatable bonds is 9. The van der Waals surface area contributed by atoms with E-state index < -0.39 is 55.4 Å². The third-order valence-electron chi connectivity index (χ3n) is 8.25. The van der Waals surface area contributed by atoms with Crippen molar-refractivity contribution in [1.82, 2.24) is 15.2 Å². The molecule has 2 aliphatic heterocycles. The van der Waals surface area contributed by atoms with E-state index >= 15 is 0 Å². The summed E-state index contributed by atoms with van der Waals surface area (Å²) in [5, 5.41) is 27.7. The predicted molar refractivity (Wildman–Crippen MR) is 155 cm³/mol. The van der Waals surface area contributed by atoms with Gasteiger partial charge in [0.05, 0.1) is 0 Å². The van der Waals surface area contributed by atoms with Crippen molar-refractivity contribution in [3.05, 3.63) is 83.6 Å². The molecule has 2 aliphatic rings. The number of H-pyrrole nitrogens is 1. The molecule has 1 aromatic heterocycles. The molecule has 5 N–H and O–H groups in total. The van der Waals surface area contributed by atoms with E-state index in [1.807, 2.05) is 36.4 Å². The molecule has 0 unspecified atom stereocenters. The molecular formula is C30H28N4NaO8P. The fourth-order valence-corrected chi connectivity index (χ4v) is 7.37. The maximum Gasteiger partial charge on any atom is 1.00 e. The average Bonchev–Trinajstić information content (AvgIpc) is 3.60. The molecule has 2 amide bonds. The summed E-state index contributed by atoms with van der Waals surface area (Å²) in [6.45, 7) is -0.123. The molecular weight excluding hydrogens is 598 g/mol. The first kappa shape index (κ1) is 32.2. The molecule has 14 heteroatoms. The normalized spacial score (nSPS) is 21.1. The summed E-state index contributed by atoms with van der Waals surface area (Å²) >= 11 is 0. The fraction of sp³-hybridized carbons (Fsp3) is 0.267. The van der Waals surface area contributed by atoms with Gasteiger partial charge in [0.25, 0.3) is 11.8 Å². The molecule has 3 heterocycles. The topological polar surface area (TPSA) is 201 Å². The van der Waals surface area contributed by atoms with Crippen molar-refractivity contribution in [2.75, 3.05) is 6.54 Å². The number of carbonyl (C=O) groups excluding carboxylic acids is 2. The van der Waals surface area contributed by atoms with Crippen LogP contribution in [0.2, 0.25) is 0 Å². The van der Waals surface area contributed by atoms with E-state index in [1.54, 1.807) is 30.5 Å². The number of carbonyl (C=O) groups is 3. The quantitative estimate of drug-likeness (QED) is 0.0466. The Bertz CT molecular complexity index is 1740. The number of fused-ring (bicyclic) bond motifs is 1. The van der Waals surface area contributed by atoms with Gasteiger partial charge in [0.1, 0.15) is 6.04 Å². The van der Waals surface area contributed by atoms with Crippen molar-refractivity contribution in [3.8, 4) is 0 Å². The van der Waals surface area contributed by atoms with Crippen LogP contribution in [0.15, 0.2) is 71.9 Å². The Labute approximate surface area is 274 Å². The number of aromatic amines is 1. The van der Waals surface area contributed by atoms with Crippen LogP contribution in [0.3, 0.4) is 0 Å². The van der Waals surface area contributed by atoms with E-state index in [9.17, 15) is 39.3 Å². The molecule has 1 fully saturated rings. The van der Waals surface area contributed by atoms with Crippen molar-refractivity contribution in [2.45, 2.75) is 37.1 Å². The Hall–Kier alpha value is -3.19. The number of hydrogen-bond donors (Lipinski definition) is 5. The number of carboxylic acids is 1. The molecule has 0 aliphatic carbocycles. The second-order valence-electron chi connectivity index (χ2n) is 10.9. The number of para-hydroxylation sites is 1. The van der Waals surface area contributed by atoms with Gasteiger partial charge in [-0.1, -0.05) is 42.5 Å². The Morgan fingerprint density at radius 3 is 2.34 bits per heavy atom. The molecule has 3 aromatic carbocycles. The summed E-state index contributed by atoms with van der Waals surface area (Å²) in [6.07, 6.45) is 1.56. The number of imide groups is 1. The van der Waals surface area contributed by atoms with Crippen LogP contribution in [0, 0.1) is 5.92 Å². The molecule has 12 nitrogen and oxygen atoms in total. The van der Waals surface area contributed by atoms with Gasteiger partial charge in [0, 0.05) is 58.5 Å². The maximum absolute atomic E-state index is 13.3. The monoisotopic (exact) mass is 626 g/mol. The van der Waals surface area contributed by atoms with Crippen LogP contribution in [0.4, 0.5) is 0 Å². The van der Waals surface area contributed by atoms with Gasteiger partial charge < -0.3 is 20.1 Å². The Morgan fingerprint density at radius 2 is 1.70 bits per heavy atom. The Balaban J connectivity index is 0.00000384. The van der Waals surface area contributed by atoms with Gasteiger partial charge in [0.15, 0.2) is 5.78 Å². The standard InChI is InChI=1S/C30H29N4O8P.Na/c35-26(32-24(30(38)39)14-18-15-31-22-10-2-1-7-19(18)22)23-13-17(27(33-23)43(40,41)42)11-12-34-28(36)20-8-3-5-16-6-4-9-21(25(16)20)29(34)37;/h1-10,15,17,23-24,27,31,33H,11-14H2,(H,32,35)(H,38,39)(H2,40,41,42);/q;+1/p-1/t17-,23+,24+,27+;/m1./s1. The number of aromatic nitrogens is 1. The van der Waals surface area contributed by atoms with Gasteiger partial charge in [0.2, 0.25) is 7.94 Å². The molecule has 44 heavy (non-hydrogen) atoms. The summed E-state index contributed by atoms with van der Waals surface area (Å²) < 4.78 is 0. The summed E-state index contributed by atoms with van der Waals surface area (Å²) in [4.78, 5) is 79.1. The smallest absolute Gasteiger partial charge is 0.861 e. The van der Waals surface area contributed by atoms with Crippen LogP contribution in [-0.2, 0) is 11.2 Å². The number of amides is 2. The average molecular weight is 627 g/mol. The van der Waals surface area contributed by atoms with Crippen LogP contribution in [0.5, 0.6) is 0 Å². The van der Waals surface area contributed by atoms with Gasteiger partial charge in [-0.05, 0) is 47.9 Å². The molecule has 0 spiro atoms. The minimum absolute atomic E-state index is 0. The molecule has 4 atom stereocenters. The summed E-state index contributed by atoms with van der Waals surface area (Å²) in [5.74, 6) is -5.37. The van der Waals surface area contributed by atoms with Crippen molar-refractivity contribution in [3.63, 3.8) is 0 Å². The molecule has 0 saturated carbocycles. The van der Waals surface area contributed by atoms with Crippen molar-refractivity contribution < 1.29 is 68.8 Å². The SMILES string of the molecule is O=C(O)[C@H](Cc1c[nH]c2ccccc12)N=C([O-])[C@@H]1C[C@@H](CCN2C(=O)c3cccc4cccc(c34)C2=O)[C@H]([P+]([O-])(O)O)N1.[Na+]. The van der Waals surface area contributed by atoms with Gasteiger partial charge in [-0.3, -0.25) is 24.8 Å². The Kier molecular flexibility index (Phi) is 9.27. The van der Waals surface area contributed by atoms with Gasteiger partial charge in [-0.15, -0.1) is 0 Å². The number of hydrogen-bond acceptors (Lipinski definition) is 9. The predicted octanol–water partition coefficient (Wildman–Crippen LogP) is -1.82. The third kappa shape index (κ3) is 6.04. The molecule has 1 saturated heterocycles. The molecule has 4 aromatic rings. The number of nitrogens with one attached hydrogen (secondary N) is 2. The van der Waals surface area contributed by atoms with Crippen LogP contribution in [0.25, 0.3) is 21.7 Å². The van der Waals surface area contributed by atoms with E-state index in [4.69, 9.17) is 0 Å².